The molecule has 6 nitrogen and oxygen atoms in total. The van der Waals surface area contributed by atoms with Crippen molar-refractivity contribution in [2.45, 2.75) is 57.7 Å². The number of aliphatic hydroxyl groups excluding tert-OH is 1. The van der Waals surface area contributed by atoms with E-state index in [1.807, 2.05) is 24.3 Å². The number of methoxy groups -OCH3 is 1. The highest BCUT2D eigenvalue weighted by Crippen LogP contribution is 2.36. The molecule has 0 heterocycles. The quantitative estimate of drug-likeness (QED) is 0.432. The smallest absolute Gasteiger partial charge is 0.303 e. The van der Waals surface area contributed by atoms with Crippen LogP contribution in [0.1, 0.15) is 49.7 Å². The molecule has 3 unspecified atom stereocenters. The van der Waals surface area contributed by atoms with Crippen LogP contribution >= 0.6 is 11.8 Å². The number of carboxylic acid groups (broad SMARTS) is 1. The van der Waals surface area contributed by atoms with Crippen molar-refractivity contribution < 1.29 is 29.3 Å². The second-order valence-electron chi connectivity index (χ2n) is 7.91. The van der Waals surface area contributed by atoms with Gasteiger partial charge in [-0.1, -0.05) is 24.3 Å². The highest BCUT2D eigenvalue weighted by Gasteiger charge is 2.40. The van der Waals surface area contributed by atoms with Gasteiger partial charge in [0.25, 0.3) is 0 Å². The van der Waals surface area contributed by atoms with Crippen LogP contribution in [0.4, 0.5) is 0 Å². The van der Waals surface area contributed by atoms with Gasteiger partial charge in [-0.05, 0) is 47.8 Å². The number of carbonyl (C=O) groups excluding carboxylic acids is 2. The minimum atomic E-state index is -0.792. The van der Waals surface area contributed by atoms with E-state index in [1.165, 1.54) is 0 Å². The summed E-state index contributed by atoms with van der Waals surface area (Å²) in [6.45, 7) is 0.508. The molecule has 0 amide bonds. The fourth-order valence-corrected chi connectivity index (χ4v) is 5.04. The van der Waals surface area contributed by atoms with Crippen molar-refractivity contribution in [1.82, 2.24) is 0 Å². The standard InChI is InChI=1S/C23H32O6S/c1-29-15-17-5-2-4-16(12-17)13-18(24)7-8-19-20(22(26)14-21(19)25)9-11-30-10-3-6-23(27)28/h2,4-5,12,19-21,25H,3,6-11,13-15H2,1H3,(H,27,28). The van der Waals surface area contributed by atoms with E-state index in [9.17, 15) is 19.5 Å². The lowest BCUT2D eigenvalue weighted by atomic mass is 9.87. The minimum absolute atomic E-state index is 0.0818. The molecule has 0 aromatic heterocycles. The number of carboxylic acids is 1. The summed E-state index contributed by atoms with van der Waals surface area (Å²) in [5.74, 6) is 0.544. The molecule has 3 atom stereocenters. The summed E-state index contributed by atoms with van der Waals surface area (Å²) in [7, 11) is 1.64. The van der Waals surface area contributed by atoms with Gasteiger partial charge < -0.3 is 14.9 Å². The molecule has 166 valence electrons. The van der Waals surface area contributed by atoms with E-state index >= 15 is 0 Å². The van der Waals surface area contributed by atoms with E-state index in [1.54, 1.807) is 18.9 Å². The summed E-state index contributed by atoms with van der Waals surface area (Å²) in [6.07, 6.45) is 2.18. The Morgan fingerprint density at radius 1 is 1.17 bits per heavy atom. The maximum atomic E-state index is 12.5. The van der Waals surface area contributed by atoms with E-state index in [4.69, 9.17) is 9.84 Å². The highest BCUT2D eigenvalue weighted by molar-refractivity contribution is 7.99. The van der Waals surface area contributed by atoms with Gasteiger partial charge in [-0.3, -0.25) is 14.4 Å². The Kier molecular flexibility index (Phi) is 10.5. The molecule has 0 bridgehead atoms. The van der Waals surface area contributed by atoms with Crippen molar-refractivity contribution in [3.05, 3.63) is 35.4 Å². The fourth-order valence-electron chi connectivity index (χ4n) is 4.06. The van der Waals surface area contributed by atoms with Crippen molar-refractivity contribution >= 4 is 29.3 Å². The molecule has 1 fully saturated rings. The predicted octanol–water partition coefficient (Wildman–Crippen LogP) is 3.28. The summed E-state index contributed by atoms with van der Waals surface area (Å²) in [4.78, 5) is 35.3. The van der Waals surface area contributed by atoms with Crippen molar-refractivity contribution in [3.63, 3.8) is 0 Å². The first kappa shape index (κ1) is 24.6. The van der Waals surface area contributed by atoms with Gasteiger partial charge in [0.15, 0.2) is 0 Å². The Labute approximate surface area is 182 Å². The molecule has 0 saturated heterocycles. The molecule has 0 spiro atoms. The largest absolute Gasteiger partial charge is 0.481 e. The number of aliphatic hydroxyl groups is 1. The fraction of sp³-hybridized carbons (Fsp3) is 0.609. The first-order valence-electron chi connectivity index (χ1n) is 10.5. The number of Topliss-reactive ketones (excluding diaryl/α,β-unsaturated/α-hetero) is 2. The monoisotopic (exact) mass is 436 g/mol. The van der Waals surface area contributed by atoms with E-state index < -0.39 is 12.1 Å². The molecule has 1 saturated carbocycles. The average molecular weight is 437 g/mol. The Bertz CT molecular complexity index is 719. The van der Waals surface area contributed by atoms with E-state index in [2.05, 4.69) is 0 Å². The molecule has 7 heteroatoms. The number of rotatable bonds is 14. The molecule has 1 aromatic rings. The number of thioether (sulfide) groups is 1. The minimum Gasteiger partial charge on any atom is -0.481 e. The average Bonchev–Trinajstić information content (AvgIpc) is 2.95. The number of aliphatic carboxylic acids is 1. The van der Waals surface area contributed by atoms with Crippen LogP contribution in [0.2, 0.25) is 0 Å². The molecule has 1 aliphatic rings. The van der Waals surface area contributed by atoms with E-state index in [0.29, 0.717) is 38.7 Å². The molecule has 0 radical (unpaired) electrons. The Hall–Kier alpha value is -1.70. The molecular weight excluding hydrogens is 404 g/mol. The third kappa shape index (κ3) is 8.20. The molecule has 0 aliphatic heterocycles. The van der Waals surface area contributed by atoms with Crippen LogP contribution in [0.3, 0.4) is 0 Å². The van der Waals surface area contributed by atoms with Crippen LogP contribution in [0, 0.1) is 11.8 Å². The topological polar surface area (TPSA) is 101 Å². The van der Waals surface area contributed by atoms with Gasteiger partial charge >= 0.3 is 5.97 Å². The van der Waals surface area contributed by atoms with Crippen molar-refractivity contribution in [3.8, 4) is 0 Å². The van der Waals surface area contributed by atoms with Crippen LogP contribution < -0.4 is 0 Å². The summed E-state index contributed by atoms with van der Waals surface area (Å²) < 4.78 is 5.13. The van der Waals surface area contributed by atoms with Crippen molar-refractivity contribution in [2.75, 3.05) is 18.6 Å². The zero-order valence-electron chi connectivity index (χ0n) is 17.5. The highest BCUT2D eigenvalue weighted by atomic mass is 32.2. The van der Waals surface area contributed by atoms with Gasteiger partial charge in [-0.2, -0.15) is 11.8 Å². The molecule has 2 rings (SSSR count). The second-order valence-corrected chi connectivity index (χ2v) is 9.14. The maximum Gasteiger partial charge on any atom is 0.303 e. The Balaban J connectivity index is 1.78. The molecule has 1 aromatic carbocycles. The van der Waals surface area contributed by atoms with Crippen LogP contribution in [0.5, 0.6) is 0 Å². The van der Waals surface area contributed by atoms with Crippen LogP contribution in [-0.4, -0.2) is 52.5 Å². The van der Waals surface area contributed by atoms with Crippen LogP contribution in [0.15, 0.2) is 24.3 Å². The summed E-state index contributed by atoms with van der Waals surface area (Å²) in [5.41, 5.74) is 1.98. The number of ketones is 2. The normalized spacial score (nSPS) is 21.1. The number of carbonyl (C=O) groups is 3. The first-order valence-corrected chi connectivity index (χ1v) is 11.6. The third-order valence-electron chi connectivity index (χ3n) is 5.55. The van der Waals surface area contributed by atoms with Gasteiger partial charge in [0.2, 0.25) is 0 Å². The summed E-state index contributed by atoms with van der Waals surface area (Å²) in [6, 6.07) is 7.78. The first-order chi connectivity index (χ1) is 14.4. The van der Waals surface area contributed by atoms with Crippen LogP contribution in [0.25, 0.3) is 0 Å². The van der Waals surface area contributed by atoms with Gasteiger partial charge in [-0.25, -0.2) is 0 Å². The second kappa shape index (κ2) is 12.9. The molecule has 2 N–H and O–H groups in total. The predicted molar refractivity (Wildman–Crippen MR) is 117 cm³/mol. The van der Waals surface area contributed by atoms with Crippen molar-refractivity contribution in [1.29, 1.82) is 0 Å². The number of ether oxygens (including phenoxy) is 1. The Morgan fingerprint density at radius 2 is 1.93 bits per heavy atom. The lowest BCUT2D eigenvalue weighted by molar-refractivity contribution is -0.137. The summed E-state index contributed by atoms with van der Waals surface area (Å²) >= 11 is 1.64. The molecule has 30 heavy (non-hydrogen) atoms. The van der Waals surface area contributed by atoms with Crippen LogP contribution in [-0.2, 0) is 32.1 Å². The third-order valence-corrected chi connectivity index (χ3v) is 6.65. The zero-order chi connectivity index (χ0) is 21.9. The SMILES string of the molecule is COCc1cccc(CC(=O)CCC2C(O)CC(=O)C2CCSCCCC(=O)O)c1. The van der Waals surface area contributed by atoms with Gasteiger partial charge in [-0.15, -0.1) is 0 Å². The van der Waals surface area contributed by atoms with Gasteiger partial charge in [0.1, 0.15) is 11.6 Å². The van der Waals surface area contributed by atoms with E-state index in [0.717, 1.165) is 22.6 Å². The number of hydrogen-bond donors (Lipinski definition) is 2. The Morgan fingerprint density at radius 3 is 2.67 bits per heavy atom. The molecular formula is C23H32O6S. The zero-order valence-corrected chi connectivity index (χ0v) is 18.4. The summed E-state index contributed by atoms with van der Waals surface area (Å²) in [5, 5.41) is 19.0. The van der Waals surface area contributed by atoms with Gasteiger partial charge in [0, 0.05) is 38.7 Å². The maximum absolute atomic E-state index is 12.5. The number of hydrogen-bond acceptors (Lipinski definition) is 6. The lowest BCUT2D eigenvalue weighted by Crippen LogP contribution is -2.22. The van der Waals surface area contributed by atoms with Gasteiger partial charge in [0.05, 0.1) is 12.7 Å². The van der Waals surface area contributed by atoms with E-state index in [-0.39, 0.29) is 36.2 Å². The van der Waals surface area contributed by atoms with Crippen molar-refractivity contribution in [2.24, 2.45) is 11.8 Å². The molecule has 1 aliphatic carbocycles. The lowest BCUT2D eigenvalue weighted by Gasteiger charge is -2.20. The number of benzene rings is 1.